The number of rotatable bonds is 2. The van der Waals surface area contributed by atoms with Crippen molar-refractivity contribution >= 4 is 43.5 Å². The first-order valence-corrected chi connectivity index (χ1v) is 6.91. The fraction of sp³-hybridized carbons (Fsp3) is 0.167. The number of carbonyl (C=O) groups excluding carboxylic acids is 1. The van der Waals surface area contributed by atoms with E-state index in [-0.39, 0.29) is 11.7 Å². The number of halogens is 2. The highest BCUT2D eigenvalue weighted by atomic mass is 79.9. The summed E-state index contributed by atoms with van der Waals surface area (Å²) in [5.74, 6) is 0.156. The van der Waals surface area contributed by atoms with E-state index in [0.717, 1.165) is 0 Å². The van der Waals surface area contributed by atoms with Gasteiger partial charge in [0.2, 0.25) is 0 Å². The molecular weight excluding hydrogens is 380 g/mol. The topological polar surface area (TPSA) is 75.4 Å². The number of hydrogen-bond acceptors (Lipinski definition) is 4. The molecule has 0 bridgehead atoms. The van der Waals surface area contributed by atoms with Crippen molar-refractivity contribution in [2.75, 3.05) is 5.32 Å². The van der Waals surface area contributed by atoms with Crippen LogP contribution in [0.25, 0.3) is 0 Å². The number of aromatic nitrogens is 1. The zero-order valence-electron chi connectivity index (χ0n) is 10.1. The summed E-state index contributed by atoms with van der Waals surface area (Å²) in [7, 11) is 0. The van der Waals surface area contributed by atoms with E-state index in [0.29, 0.717) is 31.7 Å². The fourth-order valence-electron chi connectivity index (χ4n) is 1.63. The van der Waals surface area contributed by atoms with Crippen molar-refractivity contribution < 1.29 is 14.4 Å². The van der Waals surface area contributed by atoms with Crippen LogP contribution in [0, 0.1) is 13.8 Å². The van der Waals surface area contributed by atoms with Crippen molar-refractivity contribution in [1.29, 1.82) is 0 Å². The van der Waals surface area contributed by atoms with Gasteiger partial charge in [-0.3, -0.25) is 4.79 Å². The summed E-state index contributed by atoms with van der Waals surface area (Å²) in [4.78, 5) is 12.1. The molecule has 1 aromatic heterocycles. The van der Waals surface area contributed by atoms with Crippen LogP contribution < -0.4 is 5.32 Å². The number of nitrogens with zero attached hydrogens (tertiary/aromatic N) is 1. The van der Waals surface area contributed by atoms with Gasteiger partial charge in [-0.1, -0.05) is 5.16 Å². The molecule has 0 aliphatic heterocycles. The molecule has 1 aromatic carbocycles. The summed E-state index contributed by atoms with van der Waals surface area (Å²) in [6, 6.07) is 3.10. The second-order valence-corrected chi connectivity index (χ2v) is 5.65. The van der Waals surface area contributed by atoms with Gasteiger partial charge in [0, 0.05) is 10.5 Å². The largest absolute Gasteiger partial charge is 0.507 e. The minimum absolute atomic E-state index is 0.0391. The number of amides is 1. The van der Waals surface area contributed by atoms with E-state index in [1.165, 1.54) is 6.07 Å². The summed E-state index contributed by atoms with van der Waals surface area (Å²) in [5, 5.41) is 16.1. The van der Waals surface area contributed by atoms with E-state index in [2.05, 4.69) is 42.3 Å². The molecule has 1 amide bonds. The third kappa shape index (κ3) is 2.82. The zero-order chi connectivity index (χ0) is 14.2. The Morgan fingerprint density at radius 1 is 1.32 bits per heavy atom. The molecule has 0 saturated carbocycles. The lowest BCUT2D eigenvalue weighted by molar-refractivity contribution is 0.102. The van der Waals surface area contributed by atoms with Crippen LogP contribution >= 0.6 is 31.9 Å². The molecule has 100 valence electrons. The number of hydrogen-bond donors (Lipinski definition) is 2. The Labute approximate surface area is 126 Å². The summed E-state index contributed by atoms with van der Waals surface area (Å²) in [6.07, 6.45) is 0. The number of phenolic OH excluding ortho intramolecular Hbond substituents is 1. The monoisotopic (exact) mass is 388 g/mol. The van der Waals surface area contributed by atoms with Gasteiger partial charge in [0.25, 0.3) is 5.91 Å². The summed E-state index contributed by atoms with van der Waals surface area (Å²) >= 11 is 6.51. The van der Waals surface area contributed by atoms with Crippen molar-refractivity contribution in [3.63, 3.8) is 0 Å². The Bertz CT molecular complexity index is 633. The number of aromatic hydroxyl groups is 1. The molecule has 5 nitrogen and oxygen atoms in total. The average Bonchev–Trinajstić information content (AvgIpc) is 2.66. The molecule has 0 fully saturated rings. The van der Waals surface area contributed by atoms with Crippen molar-refractivity contribution in [1.82, 2.24) is 5.16 Å². The Balaban J connectivity index is 2.32. The van der Waals surface area contributed by atoms with Crippen LogP contribution in [0.3, 0.4) is 0 Å². The molecule has 2 rings (SSSR count). The van der Waals surface area contributed by atoms with Crippen LogP contribution in [-0.2, 0) is 0 Å². The number of phenols is 1. The Morgan fingerprint density at radius 3 is 2.58 bits per heavy atom. The van der Waals surface area contributed by atoms with Crippen LogP contribution in [0.5, 0.6) is 5.75 Å². The Morgan fingerprint density at radius 2 is 2.00 bits per heavy atom. The molecule has 0 aliphatic rings. The maximum absolute atomic E-state index is 12.1. The molecule has 19 heavy (non-hydrogen) atoms. The highest BCUT2D eigenvalue weighted by Crippen LogP contribution is 2.34. The van der Waals surface area contributed by atoms with Gasteiger partial charge in [0.05, 0.1) is 15.9 Å². The van der Waals surface area contributed by atoms with Crippen LogP contribution in [0.4, 0.5) is 5.69 Å². The van der Waals surface area contributed by atoms with E-state index in [9.17, 15) is 9.90 Å². The highest BCUT2D eigenvalue weighted by molar-refractivity contribution is 9.11. The number of nitrogens with one attached hydrogen (secondary N) is 1. The minimum Gasteiger partial charge on any atom is -0.507 e. The molecule has 0 aliphatic carbocycles. The van der Waals surface area contributed by atoms with E-state index in [1.807, 2.05) is 0 Å². The summed E-state index contributed by atoms with van der Waals surface area (Å²) < 4.78 is 6.13. The predicted octanol–water partition coefficient (Wildman–Crippen LogP) is 3.77. The number of benzene rings is 1. The van der Waals surface area contributed by atoms with Crippen LogP contribution in [0.1, 0.15) is 21.8 Å². The maximum atomic E-state index is 12.1. The van der Waals surface area contributed by atoms with E-state index < -0.39 is 0 Å². The molecule has 0 atom stereocenters. The molecule has 0 saturated heterocycles. The van der Waals surface area contributed by atoms with Gasteiger partial charge in [0.15, 0.2) is 0 Å². The first-order valence-electron chi connectivity index (χ1n) is 5.32. The van der Waals surface area contributed by atoms with Gasteiger partial charge in [-0.15, -0.1) is 0 Å². The molecule has 1 heterocycles. The van der Waals surface area contributed by atoms with Gasteiger partial charge < -0.3 is 14.9 Å². The van der Waals surface area contributed by atoms with E-state index in [1.54, 1.807) is 19.9 Å². The molecule has 7 heteroatoms. The normalized spacial score (nSPS) is 10.5. The van der Waals surface area contributed by atoms with Gasteiger partial charge in [0.1, 0.15) is 17.1 Å². The second-order valence-electron chi connectivity index (χ2n) is 3.94. The van der Waals surface area contributed by atoms with E-state index in [4.69, 9.17) is 4.52 Å². The van der Waals surface area contributed by atoms with Gasteiger partial charge >= 0.3 is 0 Å². The number of aryl methyl sites for hydroxylation is 2. The van der Waals surface area contributed by atoms with Crippen LogP contribution in [-0.4, -0.2) is 16.2 Å². The SMILES string of the molecule is Cc1noc(C)c1C(=O)Nc1cc(O)c(Br)cc1Br. The predicted molar refractivity (Wildman–Crippen MR) is 77.4 cm³/mol. The lowest BCUT2D eigenvalue weighted by Gasteiger charge is -2.08. The van der Waals surface area contributed by atoms with Gasteiger partial charge in [-0.25, -0.2) is 0 Å². The molecular formula is C12H10Br2N2O3. The second kappa shape index (κ2) is 5.34. The van der Waals surface area contributed by atoms with Crippen molar-refractivity contribution in [3.05, 3.63) is 38.1 Å². The quantitative estimate of drug-likeness (QED) is 0.819. The lowest BCUT2D eigenvalue weighted by atomic mass is 10.2. The first kappa shape index (κ1) is 14.1. The standard InChI is InChI=1S/C12H10Br2N2O3/c1-5-11(6(2)19-16-5)12(18)15-9-4-10(17)8(14)3-7(9)13/h3-4,17H,1-2H3,(H,15,18). The van der Waals surface area contributed by atoms with E-state index >= 15 is 0 Å². The highest BCUT2D eigenvalue weighted by Gasteiger charge is 2.18. The molecule has 0 spiro atoms. The van der Waals surface area contributed by atoms with Gasteiger partial charge in [-0.2, -0.15) is 0 Å². The first-order chi connectivity index (χ1) is 8.90. The van der Waals surface area contributed by atoms with Crippen molar-refractivity contribution in [2.24, 2.45) is 0 Å². The maximum Gasteiger partial charge on any atom is 0.261 e. The van der Waals surface area contributed by atoms with Crippen molar-refractivity contribution in [3.8, 4) is 5.75 Å². The van der Waals surface area contributed by atoms with Gasteiger partial charge in [-0.05, 0) is 51.8 Å². The molecule has 2 aromatic rings. The van der Waals surface area contributed by atoms with Crippen LogP contribution in [0.2, 0.25) is 0 Å². The Hall–Kier alpha value is -1.34. The van der Waals surface area contributed by atoms with Crippen molar-refractivity contribution in [2.45, 2.75) is 13.8 Å². The molecule has 0 unspecified atom stereocenters. The third-order valence-electron chi connectivity index (χ3n) is 2.55. The smallest absolute Gasteiger partial charge is 0.261 e. The number of anilines is 1. The van der Waals surface area contributed by atoms with Crippen LogP contribution in [0.15, 0.2) is 25.6 Å². The molecule has 2 N–H and O–H groups in total. The summed E-state index contributed by atoms with van der Waals surface area (Å²) in [5.41, 5.74) is 1.38. The Kier molecular flexibility index (Phi) is 3.96. The fourth-order valence-corrected chi connectivity index (χ4v) is 2.72. The zero-order valence-corrected chi connectivity index (χ0v) is 13.3. The minimum atomic E-state index is -0.335. The number of carbonyl (C=O) groups is 1. The third-order valence-corrected chi connectivity index (χ3v) is 3.84. The lowest BCUT2D eigenvalue weighted by Crippen LogP contribution is -2.14. The molecule has 0 radical (unpaired) electrons. The summed E-state index contributed by atoms with van der Waals surface area (Å²) in [6.45, 7) is 3.36. The average molecular weight is 390 g/mol.